The van der Waals surface area contributed by atoms with Crippen LogP contribution < -0.4 is 0 Å². The summed E-state index contributed by atoms with van der Waals surface area (Å²) in [5.41, 5.74) is 0.382. The Morgan fingerprint density at radius 2 is 1.89 bits per heavy atom. The summed E-state index contributed by atoms with van der Waals surface area (Å²) in [6.07, 6.45) is 3.51. The largest absolute Gasteiger partial charge is 0.385 e. The van der Waals surface area contributed by atoms with E-state index in [9.17, 15) is 5.11 Å². The van der Waals surface area contributed by atoms with E-state index in [4.69, 9.17) is 4.74 Å². The maximum atomic E-state index is 9.97. The molecule has 0 aromatic carbocycles. The molecule has 0 radical (unpaired) electrons. The molecule has 1 fully saturated rings. The molecule has 0 aromatic heterocycles. The molecule has 0 amide bonds. The first-order chi connectivity index (χ1) is 8.07. The first kappa shape index (κ1) is 15.9. The van der Waals surface area contributed by atoms with Crippen molar-refractivity contribution in [2.45, 2.75) is 52.2 Å². The lowest BCUT2D eigenvalue weighted by atomic mass is 9.71. The molecule has 0 saturated heterocycles. The summed E-state index contributed by atoms with van der Waals surface area (Å²) >= 11 is 0. The van der Waals surface area contributed by atoms with Gasteiger partial charge in [-0.3, -0.25) is 0 Å². The number of ether oxygens (including phenoxy) is 1. The average molecular weight is 258 g/mol. The van der Waals surface area contributed by atoms with Crippen LogP contribution in [0.2, 0.25) is 0 Å². The van der Waals surface area contributed by atoms with Crippen molar-refractivity contribution < 1.29 is 14.3 Å². The molecule has 1 rings (SSSR count). The predicted molar refractivity (Wildman–Crippen MR) is 75.4 cm³/mol. The lowest BCUT2D eigenvalue weighted by molar-refractivity contribution is -0.873. The molecule has 1 saturated carbocycles. The maximum absolute atomic E-state index is 9.97. The van der Waals surface area contributed by atoms with Crippen molar-refractivity contribution in [3.8, 4) is 0 Å². The number of nitrogens with zero attached hydrogens (tertiary/aromatic N) is 1. The van der Waals surface area contributed by atoms with Crippen molar-refractivity contribution >= 4 is 0 Å². The van der Waals surface area contributed by atoms with Gasteiger partial charge in [-0.1, -0.05) is 20.8 Å². The van der Waals surface area contributed by atoms with Crippen molar-refractivity contribution in [2.24, 2.45) is 11.3 Å². The summed E-state index contributed by atoms with van der Waals surface area (Å²) in [5, 5.41) is 9.97. The quantitative estimate of drug-likeness (QED) is 0.767. The van der Waals surface area contributed by atoms with Crippen LogP contribution in [0.15, 0.2) is 0 Å². The van der Waals surface area contributed by atoms with Gasteiger partial charge in [0.15, 0.2) is 0 Å². The van der Waals surface area contributed by atoms with Gasteiger partial charge in [-0.15, -0.1) is 0 Å². The molecule has 3 nitrogen and oxygen atoms in total. The molecular formula is C15H32NO2+. The molecule has 0 bridgehead atoms. The number of hydrogen-bond donors (Lipinski definition) is 1. The van der Waals surface area contributed by atoms with E-state index in [2.05, 4.69) is 41.9 Å². The van der Waals surface area contributed by atoms with Gasteiger partial charge in [0.05, 0.1) is 33.9 Å². The number of likely N-dealkylation sites (N-methyl/N-ethyl adjacent to an activating group) is 1. The molecule has 1 N–H and O–H groups in total. The molecule has 0 heterocycles. The second kappa shape index (κ2) is 5.89. The van der Waals surface area contributed by atoms with Gasteiger partial charge in [-0.25, -0.2) is 0 Å². The van der Waals surface area contributed by atoms with Gasteiger partial charge < -0.3 is 14.3 Å². The van der Waals surface area contributed by atoms with E-state index in [1.165, 1.54) is 6.42 Å². The zero-order valence-corrected chi connectivity index (χ0v) is 13.1. The highest BCUT2D eigenvalue weighted by atomic mass is 16.5. The van der Waals surface area contributed by atoms with Crippen LogP contribution in [-0.4, -0.2) is 56.1 Å². The number of aliphatic hydroxyl groups is 1. The Bertz CT molecular complexity index is 258. The van der Waals surface area contributed by atoms with E-state index < -0.39 is 0 Å². The average Bonchev–Trinajstić information content (AvgIpc) is 2.08. The van der Waals surface area contributed by atoms with E-state index in [0.29, 0.717) is 18.1 Å². The third kappa shape index (κ3) is 6.17. The van der Waals surface area contributed by atoms with E-state index in [0.717, 1.165) is 29.8 Å². The van der Waals surface area contributed by atoms with Gasteiger partial charge in [-0.2, -0.15) is 0 Å². The van der Waals surface area contributed by atoms with Crippen LogP contribution in [0, 0.1) is 11.3 Å². The third-order valence-corrected chi connectivity index (χ3v) is 3.63. The Morgan fingerprint density at radius 3 is 2.39 bits per heavy atom. The SMILES string of the molecule is C[C@@H]1C[C@H](OC[C@H](O)C[N+](C)(C)C)CC(C)(C)C1. The molecule has 1 aliphatic carbocycles. The molecule has 1 aliphatic rings. The van der Waals surface area contributed by atoms with Gasteiger partial charge in [-0.05, 0) is 30.6 Å². The fraction of sp³-hybridized carbons (Fsp3) is 1.00. The molecule has 3 heteroatoms. The van der Waals surface area contributed by atoms with E-state index in [1.807, 2.05) is 0 Å². The Balaban J connectivity index is 2.34. The first-order valence-electron chi connectivity index (χ1n) is 7.17. The van der Waals surface area contributed by atoms with Crippen LogP contribution in [-0.2, 0) is 4.74 Å². The maximum Gasteiger partial charge on any atom is 0.126 e. The predicted octanol–water partition coefficient (Wildman–Crippen LogP) is 2.28. The van der Waals surface area contributed by atoms with Crippen molar-refractivity contribution in [1.82, 2.24) is 0 Å². The van der Waals surface area contributed by atoms with Crippen LogP contribution in [0.3, 0.4) is 0 Å². The van der Waals surface area contributed by atoms with Crippen molar-refractivity contribution in [2.75, 3.05) is 34.3 Å². The molecule has 108 valence electrons. The topological polar surface area (TPSA) is 29.5 Å². The third-order valence-electron chi connectivity index (χ3n) is 3.63. The van der Waals surface area contributed by atoms with Crippen molar-refractivity contribution in [1.29, 1.82) is 0 Å². The van der Waals surface area contributed by atoms with E-state index in [1.54, 1.807) is 0 Å². The van der Waals surface area contributed by atoms with Crippen molar-refractivity contribution in [3.63, 3.8) is 0 Å². The molecule has 3 atom stereocenters. The zero-order chi connectivity index (χ0) is 14.0. The van der Waals surface area contributed by atoms with Gasteiger partial charge in [0.1, 0.15) is 12.6 Å². The second-order valence-electron chi connectivity index (χ2n) is 8.00. The summed E-state index contributed by atoms with van der Waals surface area (Å²) in [7, 11) is 6.28. The Kier molecular flexibility index (Phi) is 5.22. The summed E-state index contributed by atoms with van der Waals surface area (Å²) in [5.74, 6) is 0.731. The minimum absolute atomic E-state index is 0.325. The number of quaternary nitrogens is 1. The van der Waals surface area contributed by atoms with Crippen LogP contribution in [0.1, 0.15) is 40.0 Å². The normalized spacial score (nSPS) is 30.2. The van der Waals surface area contributed by atoms with E-state index in [-0.39, 0.29) is 6.10 Å². The van der Waals surface area contributed by atoms with Crippen molar-refractivity contribution in [3.05, 3.63) is 0 Å². The fourth-order valence-electron chi connectivity index (χ4n) is 3.32. The molecule has 0 unspecified atom stereocenters. The van der Waals surface area contributed by atoms with Crippen LogP contribution in [0.25, 0.3) is 0 Å². The first-order valence-corrected chi connectivity index (χ1v) is 7.17. The number of hydrogen-bond acceptors (Lipinski definition) is 2. The van der Waals surface area contributed by atoms with Crippen LogP contribution in [0.5, 0.6) is 0 Å². The highest BCUT2D eigenvalue weighted by molar-refractivity contribution is 4.83. The summed E-state index contributed by atoms with van der Waals surface area (Å²) in [6.45, 7) is 8.16. The number of aliphatic hydroxyl groups excluding tert-OH is 1. The van der Waals surface area contributed by atoms with E-state index >= 15 is 0 Å². The monoisotopic (exact) mass is 258 g/mol. The summed E-state index contributed by atoms with van der Waals surface area (Å²) in [4.78, 5) is 0. The molecule has 0 aromatic rings. The molecule has 0 spiro atoms. The minimum Gasteiger partial charge on any atom is -0.385 e. The smallest absolute Gasteiger partial charge is 0.126 e. The summed E-state index contributed by atoms with van der Waals surface area (Å²) < 4.78 is 6.71. The Labute approximate surface area is 113 Å². The van der Waals surface area contributed by atoms with Crippen LogP contribution >= 0.6 is 0 Å². The van der Waals surface area contributed by atoms with Gasteiger partial charge in [0.2, 0.25) is 0 Å². The highest BCUT2D eigenvalue weighted by Crippen LogP contribution is 2.39. The minimum atomic E-state index is -0.356. The van der Waals surface area contributed by atoms with Crippen LogP contribution in [0.4, 0.5) is 0 Å². The Morgan fingerprint density at radius 1 is 1.28 bits per heavy atom. The molecule has 18 heavy (non-hydrogen) atoms. The van der Waals surface area contributed by atoms with Gasteiger partial charge >= 0.3 is 0 Å². The Hall–Kier alpha value is -0.120. The lowest BCUT2D eigenvalue weighted by Crippen LogP contribution is -2.44. The van der Waals surface area contributed by atoms with Gasteiger partial charge in [0.25, 0.3) is 0 Å². The lowest BCUT2D eigenvalue weighted by Gasteiger charge is -2.39. The molecular weight excluding hydrogens is 226 g/mol. The second-order valence-corrected chi connectivity index (χ2v) is 8.00. The number of rotatable bonds is 5. The standard InChI is InChI=1S/C15H32NO2/c1-12-7-14(9-15(2,3)8-12)18-11-13(17)10-16(4,5)6/h12-14,17H,7-11H2,1-6H3/q+1/t12-,13-,14+/m1/s1. The highest BCUT2D eigenvalue weighted by Gasteiger charge is 2.32. The summed E-state index contributed by atoms with van der Waals surface area (Å²) in [6, 6.07) is 0. The molecule has 0 aliphatic heterocycles. The van der Waals surface area contributed by atoms with Gasteiger partial charge in [0, 0.05) is 0 Å². The fourth-order valence-corrected chi connectivity index (χ4v) is 3.32. The zero-order valence-electron chi connectivity index (χ0n) is 13.1.